The van der Waals surface area contributed by atoms with Crippen LogP contribution in [-0.2, 0) is 9.53 Å². The van der Waals surface area contributed by atoms with E-state index in [1.54, 1.807) is 19.3 Å². The highest BCUT2D eigenvalue weighted by Crippen LogP contribution is 2.37. The van der Waals surface area contributed by atoms with Gasteiger partial charge in [0.15, 0.2) is 17.2 Å². The van der Waals surface area contributed by atoms with E-state index in [4.69, 9.17) is 18.9 Å². The lowest BCUT2D eigenvalue weighted by Gasteiger charge is -2.14. The summed E-state index contributed by atoms with van der Waals surface area (Å²) in [6.45, 7) is 0.725. The van der Waals surface area contributed by atoms with E-state index >= 15 is 0 Å². The van der Waals surface area contributed by atoms with Crippen LogP contribution in [0.25, 0.3) is 6.08 Å². The van der Waals surface area contributed by atoms with Crippen LogP contribution in [0.3, 0.4) is 0 Å². The van der Waals surface area contributed by atoms with Crippen LogP contribution in [0, 0.1) is 0 Å². The molecule has 3 aromatic rings. The predicted molar refractivity (Wildman–Crippen MR) is 123 cm³/mol. The lowest BCUT2D eigenvalue weighted by Crippen LogP contribution is -2.10. The Morgan fingerprint density at radius 3 is 2.65 bits per heavy atom. The van der Waals surface area contributed by atoms with Crippen molar-refractivity contribution in [2.45, 2.75) is 0 Å². The van der Waals surface area contributed by atoms with Gasteiger partial charge in [-0.2, -0.15) is 0 Å². The highest BCUT2D eigenvalue weighted by atomic mass is 79.9. The molecule has 2 heterocycles. The molecule has 0 saturated carbocycles. The Morgan fingerprint density at radius 2 is 1.90 bits per heavy atom. The molecule has 0 unspecified atom stereocenters. The molecule has 1 aliphatic rings. The Morgan fingerprint density at radius 1 is 1.10 bits per heavy atom. The fourth-order valence-corrected chi connectivity index (χ4v) is 4.08. The summed E-state index contributed by atoms with van der Waals surface area (Å²) in [5, 5.41) is 1.90. The van der Waals surface area contributed by atoms with Gasteiger partial charge in [0, 0.05) is 0 Å². The summed E-state index contributed by atoms with van der Waals surface area (Å²) in [4.78, 5) is 17.3. The van der Waals surface area contributed by atoms with Crippen molar-refractivity contribution in [2.24, 2.45) is 4.99 Å². The number of aliphatic imine (C=N–C) groups is 1. The number of rotatable bonds is 8. The second kappa shape index (κ2) is 9.80. The second-order valence-electron chi connectivity index (χ2n) is 6.36. The third-order valence-corrected chi connectivity index (χ3v) is 5.70. The van der Waals surface area contributed by atoms with E-state index in [0.717, 1.165) is 16.2 Å². The number of para-hydroxylation sites is 1. The first-order chi connectivity index (χ1) is 15.1. The van der Waals surface area contributed by atoms with Crippen LogP contribution in [0.15, 0.2) is 75.1 Å². The second-order valence-corrected chi connectivity index (χ2v) is 8.16. The van der Waals surface area contributed by atoms with Crippen LogP contribution in [0.4, 0.5) is 0 Å². The molecule has 0 fully saturated rings. The number of ether oxygens (including phenoxy) is 4. The third-order valence-electron chi connectivity index (χ3n) is 4.25. The van der Waals surface area contributed by atoms with Gasteiger partial charge in [-0.3, -0.25) is 0 Å². The molecule has 0 N–H and O–H groups in total. The molecule has 2 aromatic carbocycles. The Kier molecular flexibility index (Phi) is 6.69. The third kappa shape index (κ3) is 5.15. The molecule has 0 amide bonds. The molecule has 0 bridgehead atoms. The number of cyclic esters (lactones) is 1. The molecular formula is C23H18BrNO5S. The van der Waals surface area contributed by atoms with E-state index in [2.05, 4.69) is 20.9 Å². The first-order valence-corrected chi connectivity index (χ1v) is 11.1. The van der Waals surface area contributed by atoms with Crippen molar-refractivity contribution in [1.29, 1.82) is 0 Å². The maximum Gasteiger partial charge on any atom is 0.363 e. The van der Waals surface area contributed by atoms with E-state index < -0.39 is 5.97 Å². The van der Waals surface area contributed by atoms with Crippen molar-refractivity contribution in [3.63, 3.8) is 0 Å². The topological polar surface area (TPSA) is 66.4 Å². The monoisotopic (exact) mass is 499 g/mol. The van der Waals surface area contributed by atoms with E-state index in [9.17, 15) is 4.79 Å². The normalized spacial score (nSPS) is 14.3. The Bertz CT molecular complexity index is 1130. The predicted octanol–water partition coefficient (Wildman–Crippen LogP) is 5.32. The average Bonchev–Trinajstić information content (AvgIpc) is 3.43. The van der Waals surface area contributed by atoms with Gasteiger partial charge in [-0.05, 0) is 63.3 Å². The summed E-state index contributed by atoms with van der Waals surface area (Å²) in [6, 6.07) is 16.9. The summed E-state index contributed by atoms with van der Waals surface area (Å²) < 4.78 is 22.9. The number of methoxy groups -OCH3 is 1. The molecule has 0 aliphatic carbocycles. The number of carbonyl (C=O) groups is 1. The summed E-state index contributed by atoms with van der Waals surface area (Å²) in [7, 11) is 1.56. The van der Waals surface area contributed by atoms with Crippen LogP contribution in [0.2, 0.25) is 0 Å². The molecular weight excluding hydrogens is 482 g/mol. The van der Waals surface area contributed by atoms with Gasteiger partial charge in [-0.1, -0.05) is 24.3 Å². The smallest absolute Gasteiger partial charge is 0.363 e. The van der Waals surface area contributed by atoms with Crippen molar-refractivity contribution >= 4 is 45.2 Å². The van der Waals surface area contributed by atoms with Gasteiger partial charge in [-0.15, -0.1) is 11.3 Å². The number of carbonyl (C=O) groups excluding carboxylic acids is 1. The molecule has 8 heteroatoms. The first-order valence-electron chi connectivity index (χ1n) is 9.38. The number of benzene rings is 2. The van der Waals surface area contributed by atoms with Crippen LogP contribution in [0.5, 0.6) is 17.2 Å². The van der Waals surface area contributed by atoms with Gasteiger partial charge in [0.05, 0.1) is 16.5 Å². The molecule has 158 valence electrons. The fourth-order valence-electron chi connectivity index (χ4n) is 2.86. The lowest BCUT2D eigenvalue weighted by atomic mass is 10.1. The van der Waals surface area contributed by atoms with Gasteiger partial charge in [-0.25, -0.2) is 9.79 Å². The van der Waals surface area contributed by atoms with Gasteiger partial charge >= 0.3 is 5.97 Å². The molecule has 4 rings (SSSR count). The van der Waals surface area contributed by atoms with Crippen molar-refractivity contribution in [3.05, 3.63) is 80.6 Å². The van der Waals surface area contributed by atoms with Gasteiger partial charge in [0.25, 0.3) is 0 Å². The molecule has 0 spiro atoms. The summed E-state index contributed by atoms with van der Waals surface area (Å²) >= 11 is 4.98. The molecule has 1 aromatic heterocycles. The number of esters is 1. The first kappa shape index (κ1) is 21.1. The summed E-state index contributed by atoms with van der Waals surface area (Å²) in [6.07, 6.45) is 1.65. The van der Waals surface area contributed by atoms with Crippen molar-refractivity contribution < 1.29 is 23.7 Å². The van der Waals surface area contributed by atoms with Crippen LogP contribution in [-0.4, -0.2) is 32.2 Å². The summed E-state index contributed by atoms with van der Waals surface area (Å²) in [5.74, 6) is 1.69. The molecule has 1 aliphatic heterocycles. The zero-order chi connectivity index (χ0) is 21.6. The number of hydrogen-bond acceptors (Lipinski definition) is 7. The van der Waals surface area contributed by atoms with Crippen LogP contribution in [0.1, 0.15) is 10.4 Å². The molecule has 31 heavy (non-hydrogen) atoms. The minimum Gasteiger partial charge on any atom is -0.493 e. The largest absolute Gasteiger partial charge is 0.493 e. The van der Waals surface area contributed by atoms with Gasteiger partial charge in [0.1, 0.15) is 19.0 Å². The van der Waals surface area contributed by atoms with Crippen molar-refractivity contribution in [2.75, 3.05) is 20.3 Å². The number of nitrogens with zero attached hydrogens (tertiary/aromatic N) is 1. The average molecular weight is 500 g/mol. The molecule has 6 nitrogen and oxygen atoms in total. The number of thiophene rings is 1. The molecule has 0 atom stereocenters. The van der Waals surface area contributed by atoms with Gasteiger partial charge in [0.2, 0.25) is 5.90 Å². The quantitative estimate of drug-likeness (QED) is 0.238. The zero-order valence-electron chi connectivity index (χ0n) is 16.5. The van der Waals surface area contributed by atoms with E-state index in [1.165, 1.54) is 11.3 Å². The van der Waals surface area contributed by atoms with Crippen LogP contribution < -0.4 is 14.2 Å². The molecule has 0 saturated heterocycles. The Balaban J connectivity index is 1.47. The summed E-state index contributed by atoms with van der Waals surface area (Å²) in [5.41, 5.74) is 0.946. The standard InChI is InChI=1S/C23H18BrNO5S/c1-27-19-14-15(13-18-23(26)30-22(25-18)20-8-5-11-31-20)12-17(24)21(19)29-10-9-28-16-6-3-2-4-7-16/h2-8,11-14H,9-10H2,1H3. The maximum absolute atomic E-state index is 12.2. The maximum atomic E-state index is 12.2. The lowest BCUT2D eigenvalue weighted by molar-refractivity contribution is -0.129. The highest BCUT2D eigenvalue weighted by Gasteiger charge is 2.25. The fraction of sp³-hybridized carbons (Fsp3) is 0.130. The van der Waals surface area contributed by atoms with E-state index in [-0.39, 0.29) is 5.70 Å². The van der Waals surface area contributed by atoms with E-state index in [1.807, 2.05) is 53.9 Å². The van der Waals surface area contributed by atoms with Gasteiger partial charge < -0.3 is 18.9 Å². The minimum atomic E-state index is -0.489. The van der Waals surface area contributed by atoms with Crippen molar-refractivity contribution in [1.82, 2.24) is 0 Å². The highest BCUT2D eigenvalue weighted by molar-refractivity contribution is 9.10. The molecule has 0 radical (unpaired) electrons. The van der Waals surface area contributed by atoms with Crippen LogP contribution >= 0.6 is 27.3 Å². The zero-order valence-corrected chi connectivity index (χ0v) is 18.9. The Hall–Kier alpha value is -3.10. The number of hydrogen-bond donors (Lipinski definition) is 0. The SMILES string of the molecule is COc1cc(C=C2N=C(c3cccs3)OC2=O)cc(Br)c1OCCOc1ccccc1. The van der Waals surface area contributed by atoms with E-state index in [0.29, 0.717) is 35.1 Å². The number of halogens is 1. The van der Waals surface area contributed by atoms with Crippen molar-refractivity contribution in [3.8, 4) is 17.2 Å². The minimum absolute atomic E-state index is 0.224. The Labute approximate surface area is 191 Å².